The topological polar surface area (TPSA) is 59.4 Å². The van der Waals surface area contributed by atoms with Crippen LogP contribution in [0, 0.1) is 5.41 Å². The average molecular weight is 422 g/mol. The summed E-state index contributed by atoms with van der Waals surface area (Å²) in [6.45, 7) is 12.4. The lowest BCUT2D eigenvalue weighted by Crippen LogP contribution is -2.48. The number of rotatable bonds is 5. The molecule has 2 heterocycles. The number of aliphatic carboxylic acids is 1. The third-order valence-electron chi connectivity index (χ3n) is 5.37. The molecule has 0 amide bonds. The number of allylic oxidation sites excluding steroid dienone is 2. The van der Waals surface area contributed by atoms with Crippen molar-refractivity contribution in [2.45, 2.75) is 82.5 Å². The van der Waals surface area contributed by atoms with Crippen LogP contribution in [0.1, 0.15) is 66.5 Å². The first-order valence-electron chi connectivity index (χ1n) is 9.86. The summed E-state index contributed by atoms with van der Waals surface area (Å²) < 4.78 is 9.99. The number of carbonyl (C=O) groups is 1. The maximum atomic E-state index is 12.5. The lowest BCUT2D eigenvalue weighted by Gasteiger charge is -2.41. The Kier molecular flexibility index (Phi) is 5.87. The fourth-order valence-electron chi connectivity index (χ4n) is 4.02. The second kappa shape index (κ2) is 7.62. The Bertz CT molecular complexity index is 789. The normalized spacial score (nSPS) is 28.6. The van der Waals surface area contributed by atoms with Gasteiger partial charge in [0.25, 0.3) is 0 Å². The first kappa shape index (κ1) is 21.6. The molecule has 6 heteroatoms. The summed E-state index contributed by atoms with van der Waals surface area (Å²) in [4.78, 5) is 12.5. The molecule has 1 N–H and O–H groups in total. The van der Waals surface area contributed by atoms with E-state index in [0.29, 0.717) is 5.41 Å². The molecule has 0 bridgehead atoms. The minimum Gasteiger partial charge on any atom is -0.479 e. The minimum absolute atomic E-state index is 0.193. The molecule has 3 rings (SSSR count). The van der Waals surface area contributed by atoms with Gasteiger partial charge in [-0.25, -0.2) is 4.79 Å². The van der Waals surface area contributed by atoms with Gasteiger partial charge >= 0.3 is 5.97 Å². The van der Waals surface area contributed by atoms with Crippen LogP contribution in [-0.2, 0) is 14.3 Å². The molecular weight excluding hydrogens is 390 g/mol. The van der Waals surface area contributed by atoms with Crippen molar-refractivity contribution in [1.82, 2.24) is 4.37 Å². The smallest absolute Gasteiger partial charge is 0.335 e. The standard InChI is InChI=1S/C22H31NO3S2/c1-14-13-16(15-7-10-21(5,6)11-8-15)22(28-14,17-9-12-27-23-17)18(19(24)25)26-20(2,3)4/h7,9,12-14,18H,8,10-11H2,1-6H3,(H,24,25). The monoisotopic (exact) mass is 421 g/mol. The highest BCUT2D eigenvalue weighted by Crippen LogP contribution is 2.58. The third-order valence-corrected chi connectivity index (χ3v) is 7.46. The molecule has 0 spiro atoms. The number of carboxylic acid groups (broad SMARTS) is 1. The molecule has 0 fully saturated rings. The highest BCUT2D eigenvalue weighted by atomic mass is 32.2. The van der Waals surface area contributed by atoms with Gasteiger partial charge in [-0.05, 0) is 81.1 Å². The van der Waals surface area contributed by atoms with E-state index in [1.165, 1.54) is 17.1 Å². The molecule has 0 radical (unpaired) electrons. The summed E-state index contributed by atoms with van der Waals surface area (Å²) in [6.07, 6.45) is 6.59. The molecule has 154 valence electrons. The van der Waals surface area contributed by atoms with E-state index in [0.717, 1.165) is 30.5 Å². The molecule has 1 aliphatic carbocycles. The summed E-state index contributed by atoms with van der Waals surface area (Å²) in [5.41, 5.74) is 2.85. The van der Waals surface area contributed by atoms with E-state index in [4.69, 9.17) is 4.74 Å². The fourth-order valence-corrected chi connectivity index (χ4v) is 6.27. The summed E-state index contributed by atoms with van der Waals surface area (Å²) in [5.74, 6) is -0.938. The van der Waals surface area contributed by atoms with E-state index in [1.54, 1.807) is 11.8 Å². The molecule has 0 saturated heterocycles. The summed E-state index contributed by atoms with van der Waals surface area (Å²) in [6, 6.07) is 1.96. The van der Waals surface area contributed by atoms with Crippen LogP contribution in [0.15, 0.2) is 34.7 Å². The molecule has 4 nitrogen and oxygen atoms in total. The molecule has 1 aliphatic heterocycles. The predicted octanol–water partition coefficient (Wildman–Crippen LogP) is 5.80. The number of thioether (sulfide) groups is 1. The molecule has 1 aromatic rings. The maximum Gasteiger partial charge on any atom is 0.335 e. The zero-order chi connectivity index (χ0) is 20.7. The minimum atomic E-state index is -1.01. The van der Waals surface area contributed by atoms with Crippen molar-refractivity contribution in [2.75, 3.05) is 0 Å². The van der Waals surface area contributed by atoms with Gasteiger partial charge in [-0.15, -0.1) is 11.8 Å². The molecule has 3 atom stereocenters. The molecule has 1 aromatic heterocycles. The average Bonchev–Trinajstić information content (AvgIpc) is 3.20. The number of hydrogen-bond donors (Lipinski definition) is 1. The van der Waals surface area contributed by atoms with Gasteiger partial charge in [0, 0.05) is 10.6 Å². The molecule has 28 heavy (non-hydrogen) atoms. The second-order valence-electron chi connectivity index (χ2n) is 9.57. The number of nitrogens with zero attached hydrogens (tertiary/aromatic N) is 1. The molecule has 0 saturated carbocycles. The van der Waals surface area contributed by atoms with Crippen LogP contribution in [0.5, 0.6) is 0 Å². The highest BCUT2D eigenvalue weighted by Gasteiger charge is 2.56. The molecular formula is C22H31NO3S2. The maximum absolute atomic E-state index is 12.5. The lowest BCUT2D eigenvalue weighted by atomic mass is 9.73. The van der Waals surface area contributed by atoms with Gasteiger partial charge in [-0.3, -0.25) is 0 Å². The fraction of sp³-hybridized carbons (Fsp3) is 0.636. The van der Waals surface area contributed by atoms with E-state index in [-0.39, 0.29) is 5.25 Å². The Balaban J connectivity index is 2.15. The van der Waals surface area contributed by atoms with E-state index >= 15 is 0 Å². The van der Waals surface area contributed by atoms with E-state index in [2.05, 4.69) is 37.3 Å². The van der Waals surface area contributed by atoms with Gasteiger partial charge < -0.3 is 9.84 Å². The van der Waals surface area contributed by atoms with Crippen LogP contribution >= 0.6 is 23.3 Å². The SMILES string of the molecule is CC1C=C(C2=CCC(C)(C)CC2)C(c2ccsn2)(C(OC(C)(C)C)C(=O)O)S1. The molecule has 3 unspecified atom stereocenters. The van der Waals surface area contributed by atoms with Gasteiger partial charge in [0.1, 0.15) is 4.75 Å². The van der Waals surface area contributed by atoms with Crippen molar-refractivity contribution in [2.24, 2.45) is 5.41 Å². The number of ether oxygens (including phenoxy) is 1. The number of aromatic nitrogens is 1. The third kappa shape index (κ3) is 4.24. The first-order valence-corrected chi connectivity index (χ1v) is 11.6. The second-order valence-corrected chi connectivity index (χ2v) is 11.9. The molecule has 2 aliphatic rings. The van der Waals surface area contributed by atoms with Gasteiger partial charge in [0.15, 0.2) is 6.10 Å². The van der Waals surface area contributed by atoms with Crippen molar-refractivity contribution >= 4 is 29.3 Å². The van der Waals surface area contributed by atoms with E-state index in [1.807, 2.05) is 32.2 Å². The first-order chi connectivity index (χ1) is 12.9. The largest absolute Gasteiger partial charge is 0.479 e. The van der Waals surface area contributed by atoms with Gasteiger partial charge in [0.2, 0.25) is 0 Å². The van der Waals surface area contributed by atoms with E-state index in [9.17, 15) is 9.90 Å². The predicted molar refractivity (Wildman–Crippen MR) is 117 cm³/mol. The van der Waals surface area contributed by atoms with Crippen molar-refractivity contribution in [3.8, 4) is 0 Å². The van der Waals surface area contributed by atoms with Gasteiger partial charge in [0.05, 0.1) is 11.3 Å². The summed E-state index contributed by atoms with van der Waals surface area (Å²) in [5, 5.41) is 12.4. The summed E-state index contributed by atoms with van der Waals surface area (Å²) in [7, 11) is 0. The Labute approximate surface area is 176 Å². The van der Waals surface area contributed by atoms with Crippen LogP contribution in [-0.4, -0.2) is 32.4 Å². The number of hydrogen-bond acceptors (Lipinski definition) is 5. The molecule has 0 aromatic carbocycles. The van der Waals surface area contributed by atoms with Gasteiger partial charge in [-0.2, -0.15) is 4.37 Å². The highest BCUT2D eigenvalue weighted by molar-refractivity contribution is 8.01. The van der Waals surface area contributed by atoms with Crippen molar-refractivity contribution in [3.63, 3.8) is 0 Å². The Morgan fingerprint density at radius 2 is 2.11 bits per heavy atom. The van der Waals surface area contributed by atoms with Gasteiger partial charge in [-0.1, -0.05) is 26.0 Å². The van der Waals surface area contributed by atoms with Crippen molar-refractivity contribution in [3.05, 3.63) is 40.4 Å². The zero-order valence-corrected chi connectivity index (χ0v) is 19.2. The van der Waals surface area contributed by atoms with Crippen molar-refractivity contribution in [1.29, 1.82) is 0 Å². The zero-order valence-electron chi connectivity index (χ0n) is 17.6. The van der Waals surface area contributed by atoms with Crippen LogP contribution in [0.2, 0.25) is 0 Å². The van der Waals surface area contributed by atoms with Crippen LogP contribution in [0.25, 0.3) is 0 Å². The summed E-state index contributed by atoms with van der Waals surface area (Å²) >= 11 is 3.02. The quantitative estimate of drug-likeness (QED) is 0.650. The Morgan fingerprint density at radius 3 is 2.61 bits per heavy atom. The Morgan fingerprint density at radius 1 is 1.39 bits per heavy atom. The lowest BCUT2D eigenvalue weighted by molar-refractivity contribution is -0.162. The van der Waals surface area contributed by atoms with Crippen LogP contribution in [0.3, 0.4) is 0 Å². The van der Waals surface area contributed by atoms with E-state index < -0.39 is 22.4 Å². The Hall–Kier alpha value is -1.11. The van der Waals surface area contributed by atoms with Crippen LogP contribution < -0.4 is 0 Å². The number of carboxylic acids is 1. The van der Waals surface area contributed by atoms with Crippen LogP contribution in [0.4, 0.5) is 0 Å². The van der Waals surface area contributed by atoms with Crippen molar-refractivity contribution < 1.29 is 14.6 Å².